The number of nitrogens with one attached hydrogen (secondary N) is 1. The number of carbonyl (C=O) groups excluding carboxylic acids is 1. The lowest BCUT2D eigenvalue weighted by molar-refractivity contribution is -0.117. The summed E-state index contributed by atoms with van der Waals surface area (Å²) in [5, 5.41) is 11.0. The van der Waals surface area contributed by atoms with E-state index in [1.807, 2.05) is 12.3 Å². The first-order chi connectivity index (χ1) is 8.58. The molecule has 0 unspecified atom stereocenters. The van der Waals surface area contributed by atoms with Crippen molar-refractivity contribution in [2.24, 2.45) is 5.73 Å². The van der Waals surface area contributed by atoms with E-state index in [0.29, 0.717) is 6.42 Å². The zero-order valence-electron chi connectivity index (χ0n) is 9.94. The van der Waals surface area contributed by atoms with Gasteiger partial charge in [0.2, 0.25) is 5.91 Å². The summed E-state index contributed by atoms with van der Waals surface area (Å²) in [6.07, 6.45) is 2.45. The second-order valence-electron chi connectivity index (χ2n) is 3.68. The molecule has 0 aliphatic carbocycles. The Hall–Kier alpha value is -1.58. The van der Waals surface area contributed by atoms with Crippen LogP contribution in [0.4, 0.5) is 10.1 Å². The minimum absolute atomic E-state index is 0.0404. The molecule has 1 rings (SSSR count). The standard InChI is InChI=1S/C12H14FN3OS/c1-18-5-4-10(15)12(17)16-11-3-2-8(7-14)6-9(11)13/h2-3,6,10H,4-5,15H2,1H3,(H,16,17)/t10-/m0/s1. The lowest BCUT2D eigenvalue weighted by Gasteiger charge is -2.12. The number of rotatable bonds is 5. The normalized spacial score (nSPS) is 11.7. The van der Waals surface area contributed by atoms with Gasteiger partial charge in [0.05, 0.1) is 23.4 Å². The summed E-state index contributed by atoms with van der Waals surface area (Å²) in [4.78, 5) is 11.6. The second kappa shape index (κ2) is 6.99. The predicted octanol–water partition coefficient (Wildman–Crippen LogP) is 1.72. The molecule has 4 nitrogen and oxygen atoms in total. The van der Waals surface area contributed by atoms with Crippen molar-refractivity contribution in [3.05, 3.63) is 29.6 Å². The molecule has 1 amide bonds. The van der Waals surface area contributed by atoms with E-state index >= 15 is 0 Å². The third kappa shape index (κ3) is 4.02. The molecular formula is C12H14FN3OS. The van der Waals surface area contributed by atoms with E-state index in [-0.39, 0.29) is 11.3 Å². The maximum Gasteiger partial charge on any atom is 0.241 e. The number of carbonyl (C=O) groups is 1. The van der Waals surface area contributed by atoms with E-state index < -0.39 is 17.8 Å². The smallest absolute Gasteiger partial charge is 0.241 e. The van der Waals surface area contributed by atoms with Gasteiger partial charge in [0.25, 0.3) is 0 Å². The van der Waals surface area contributed by atoms with E-state index in [0.717, 1.165) is 11.8 Å². The zero-order chi connectivity index (χ0) is 13.5. The fourth-order valence-electron chi connectivity index (χ4n) is 1.29. The number of nitriles is 1. The Morgan fingerprint density at radius 3 is 2.94 bits per heavy atom. The second-order valence-corrected chi connectivity index (χ2v) is 4.67. The van der Waals surface area contributed by atoms with Crippen LogP contribution in [-0.4, -0.2) is 24.0 Å². The highest BCUT2D eigenvalue weighted by Crippen LogP contribution is 2.15. The molecule has 18 heavy (non-hydrogen) atoms. The first kappa shape index (κ1) is 14.5. The highest BCUT2D eigenvalue weighted by Gasteiger charge is 2.14. The van der Waals surface area contributed by atoms with E-state index in [2.05, 4.69) is 5.32 Å². The molecule has 3 N–H and O–H groups in total. The molecule has 0 saturated heterocycles. The van der Waals surface area contributed by atoms with Crippen molar-refractivity contribution < 1.29 is 9.18 Å². The van der Waals surface area contributed by atoms with Crippen LogP contribution < -0.4 is 11.1 Å². The molecule has 0 saturated carbocycles. The average molecular weight is 267 g/mol. The number of hydrogen-bond acceptors (Lipinski definition) is 4. The number of halogens is 1. The van der Waals surface area contributed by atoms with Crippen LogP contribution in [0, 0.1) is 17.1 Å². The van der Waals surface area contributed by atoms with Crippen LogP contribution >= 0.6 is 11.8 Å². The molecule has 6 heteroatoms. The van der Waals surface area contributed by atoms with Gasteiger partial charge in [0, 0.05) is 0 Å². The van der Waals surface area contributed by atoms with Crippen LogP contribution in [0.1, 0.15) is 12.0 Å². The van der Waals surface area contributed by atoms with Crippen LogP contribution in [0.15, 0.2) is 18.2 Å². The number of nitrogens with two attached hydrogens (primary N) is 1. The third-order valence-electron chi connectivity index (χ3n) is 2.33. The Kier molecular flexibility index (Phi) is 5.62. The summed E-state index contributed by atoms with van der Waals surface area (Å²) in [5.41, 5.74) is 5.90. The topological polar surface area (TPSA) is 78.9 Å². The van der Waals surface area contributed by atoms with E-state index in [9.17, 15) is 9.18 Å². The maximum absolute atomic E-state index is 13.5. The van der Waals surface area contributed by atoms with Crippen molar-refractivity contribution in [3.8, 4) is 6.07 Å². The van der Waals surface area contributed by atoms with Crippen molar-refractivity contribution in [2.45, 2.75) is 12.5 Å². The summed E-state index contributed by atoms with van der Waals surface area (Å²) >= 11 is 1.59. The van der Waals surface area contributed by atoms with E-state index in [1.54, 1.807) is 11.8 Å². The number of nitrogens with zero attached hydrogens (tertiary/aromatic N) is 1. The molecule has 96 valence electrons. The maximum atomic E-state index is 13.5. The van der Waals surface area contributed by atoms with Crippen LogP contribution in [0.25, 0.3) is 0 Å². The summed E-state index contributed by atoms with van der Waals surface area (Å²) in [6.45, 7) is 0. The van der Waals surface area contributed by atoms with Gasteiger partial charge in [-0.25, -0.2) is 4.39 Å². The zero-order valence-corrected chi connectivity index (χ0v) is 10.8. The van der Waals surface area contributed by atoms with Crippen LogP contribution in [-0.2, 0) is 4.79 Å². The fourth-order valence-corrected chi connectivity index (χ4v) is 1.78. The predicted molar refractivity (Wildman–Crippen MR) is 70.7 cm³/mol. The molecule has 0 aliphatic rings. The minimum Gasteiger partial charge on any atom is -0.322 e. The van der Waals surface area contributed by atoms with Gasteiger partial charge in [-0.1, -0.05) is 0 Å². The van der Waals surface area contributed by atoms with Gasteiger partial charge in [0.1, 0.15) is 5.82 Å². The Bertz CT molecular complexity index is 473. The monoisotopic (exact) mass is 267 g/mol. The number of benzene rings is 1. The lowest BCUT2D eigenvalue weighted by atomic mass is 10.2. The summed E-state index contributed by atoms with van der Waals surface area (Å²) in [6, 6.07) is 5.02. The minimum atomic E-state index is -0.660. The van der Waals surface area contributed by atoms with E-state index in [4.69, 9.17) is 11.0 Å². The molecule has 0 aliphatic heterocycles. The van der Waals surface area contributed by atoms with Gasteiger partial charge in [-0.3, -0.25) is 4.79 Å². The largest absolute Gasteiger partial charge is 0.322 e. The molecule has 1 aromatic rings. The molecule has 0 spiro atoms. The van der Waals surface area contributed by atoms with Gasteiger partial charge in [0.15, 0.2) is 0 Å². The quantitative estimate of drug-likeness (QED) is 0.851. The molecule has 0 radical (unpaired) electrons. The fraction of sp³-hybridized carbons (Fsp3) is 0.333. The highest BCUT2D eigenvalue weighted by molar-refractivity contribution is 7.98. The van der Waals surface area contributed by atoms with Crippen molar-refractivity contribution >= 4 is 23.4 Å². The Morgan fingerprint density at radius 2 is 2.39 bits per heavy atom. The summed E-state index contributed by atoms with van der Waals surface area (Å²) in [7, 11) is 0. The van der Waals surface area contributed by atoms with Crippen LogP contribution in [0.2, 0.25) is 0 Å². The van der Waals surface area contributed by atoms with Gasteiger partial charge >= 0.3 is 0 Å². The van der Waals surface area contributed by atoms with Gasteiger partial charge < -0.3 is 11.1 Å². The SMILES string of the molecule is CSCC[C@H](N)C(=O)Nc1ccc(C#N)cc1F. The molecule has 0 aromatic heterocycles. The van der Waals surface area contributed by atoms with Crippen molar-refractivity contribution in [2.75, 3.05) is 17.3 Å². The molecule has 0 fully saturated rings. The number of anilines is 1. The first-order valence-electron chi connectivity index (χ1n) is 5.33. The Balaban J connectivity index is 2.67. The molecule has 1 atom stereocenters. The van der Waals surface area contributed by atoms with Gasteiger partial charge in [-0.05, 0) is 36.6 Å². The average Bonchev–Trinajstić information content (AvgIpc) is 2.38. The Morgan fingerprint density at radius 1 is 1.67 bits per heavy atom. The van der Waals surface area contributed by atoms with Crippen molar-refractivity contribution in [1.82, 2.24) is 0 Å². The molecule has 0 bridgehead atoms. The summed E-state index contributed by atoms with van der Waals surface area (Å²) < 4.78 is 13.5. The van der Waals surface area contributed by atoms with E-state index in [1.165, 1.54) is 12.1 Å². The highest BCUT2D eigenvalue weighted by atomic mass is 32.2. The van der Waals surface area contributed by atoms with Gasteiger partial charge in [-0.15, -0.1) is 0 Å². The summed E-state index contributed by atoms with van der Waals surface area (Å²) in [5.74, 6) is -0.295. The third-order valence-corrected chi connectivity index (χ3v) is 2.97. The molecule has 1 aromatic carbocycles. The van der Waals surface area contributed by atoms with Crippen LogP contribution in [0.5, 0.6) is 0 Å². The molecule has 0 heterocycles. The lowest BCUT2D eigenvalue weighted by Crippen LogP contribution is -2.36. The number of hydrogen-bond donors (Lipinski definition) is 2. The molecular weight excluding hydrogens is 253 g/mol. The first-order valence-corrected chi connectivity index (χ1v) is 6.73. The van der Waals surface area contributed by atoms with Crippen molar-refractivity contribution in [1.29, 1.82) is 5.26 Å². The number of amides is 1. The Labute approximate surface area is 109 Å². The van der Waals surface area contributed by atoms with Crippen LogP contribution in [0.3, 0.4) is 0 Å². The number of thioether (sulfide) groups is 1. The van der Waals surface area contributed by atoms with Gasteiger partial charge in [-0.2, -0.15) is 17.0 Å². The van der Waals surface area contributed by atoms with Crippen molar-refractivity contribution in [3.63, 3.8) is 0 Å².